The molecule has 3 aliphatic rings. The van der Waals surface area contributed by atoms with Gasteiger partial charge in [-0.2, -0.15) is 0 Å². The van der Waals surface area contributed by atoms with Crippen LogP contribution in [0.1, 0.15) is 37.3 Å². The van der Waals surface area contributed by atoms with Gasteiger partial charge in [-0.05, 0) is 25.3 Å². The van der Waals surface area contributed by atoms with Crippen molar-refractivity contribution >= 4 is 11.7 Å². The van der Waals surface area contributed by atoms with Gasteiger partial charge < -0.3 is 19.1 Å². The Morgan fingerprint density at radius 2 is 1.88 bits per heavy atom. The SMILES string of the molecule is COc1cccc(C2C3=C(OC4CCCCC4C3=O)C(=O)N2C)c1OC. The van der Waals surface area contributed by atoms with Crippen molar-refractivity contribution in [2.24, 2.45) is 5.92 Å². The summed E-state index contributed by atoms with van der Waals surface area (Å²) in [6.45, 7) is 0. The Labute approximate surface area is 152 Å². The Bertz CT molecular complexity index is 799. The predicted molar refractivity (Wildman–Crippen MR) is 93.9 cm³/mol. The van der Waals surface area contributed by atoms with Gasteiger partial charge in [0.05, 0.1) is 31.8 Å². The largest absolute Gasteiger partial charge is 0.493 e. The van der Waals surface area contributed by atoms with Gasteiger partial charge in [-0.15, -0.1) is 0 Å². The highest BCUT2D eigenvalue weighted by atomic mass is 16.5. The molecular formula is C20H23NO5. The summed E-state index contributed by atoms with van der Waals surface area (Å²) < 4.78 is 17.0. The maximum atomic E-state index is 13.3. The van der Waals surface area contributed by atoms with Crippen LogP contribution < -0.4 is 9.47 Å². The van der Waals surface area contributed by atoms with Gasteiger partial charge in [0, 0.05) is 12.6 Å². The lowest BCUT2D eigenvalue weighted by molar-refractivity contribution is -0.134. The number of benzene rings is 1. The van der Waals surface area contributed by atoms with Crippen molar-refractivity contribution in [1.29, 1.82) is 0 Å². The molecule has 6 heteroatoms. The second-order valence-electron chi connectivity index (χ2n) is 7.06. The minimum atomic E-state index is -0.516. The third-order valence-corrected chi connectivity index (χ3v) is 5.72. The Morgan fingerprint density at radius 1 is 1.12 bits per heavy atom. The molecule has 138 valence electrons. The van der Waals surface area contributed by atoms with Crippen LogP contribution in [0.5, 0.6) is 11.5 Å². The number of para-hydroxylation sites is 1. The quantitative estimate of drug-likeness (QED) is 0.832. The van der Waals surface area contributed by atoms with E-state index in [2.05, 4.69) is 0 Å². The van der Waals surface area contributed by atoms with Gasteiger partial charge in [0.1, 0.15) is 6.10 Å². The van der Waals surface area contributed by atoms with Crippen LogP contribution in [0, 0.1) is 5.92 Å². The molecule has 3 unspecified atom stereocenters. The minimum Gasteiger partial charge on any atom is -0.493 e. The lowest BCUT2D eigenvalue weighted by Crippen LogP contribution is -2.39. The Hall–Kier alpha value is -2.50. The van der Waals surface area contributed by atoms with Crippen LogP contribution in [-0.2, 0) is 14.3 Å². The molecule has 2 heterocycles. The third kappa shape index (κ3) is 2.31. The summed E-state index contributed by atoms with van der Waals surface area (Å²) in [6, 6.07) is 4.99. The minimum absolute atomic E-state index is 0.0449. The summed E-state index contributed by atoms with van der Waals surface area (Å²) >= 11 is 0. The number of hydrogen-bond donors (Lipinski definition) is 0. The van der Waals surface area contributed by atoms with E-state index >= 15 is 0 Å². The van der Waals surface area contributed by atoms with E-state index in [1.165, 1.54) is 0 Å². The maximum Gasteiger partial charge on any atom is 0.289 e. The number of carbonyl (C=O) groups excluding carboxylic acids is 2. The first-order valence-electron chi connectivity index (χ1n) is 9.01. The van der Waals surface area contributed by atoms with Gasteiger partial charge in [-0.1, -0.05) is 18.6 Å². The Morgan fingerprint density at radius 3 is 2.62 bits per heavy atom. The zero-order chi connectivity index (χ0) is 18.4. The van der Waals surface area contributed by atoms with E-state index in [0.717, 1.165) is 31.2 Å². The van der Waals surface area contributed by atoms with Crippen molar-refractivity contribution in [3.63, 3.8) is 0 Å². The molecule has 1 amide bonds. The predicted octanol–water partition coefficient (Wildman–Crippen LogP) is 2.63. The first-order chi connectivity index (χ1) is 12.6. The van der Waals surface area contributed by atoms with E-state index in [1.807, 2.05) is 12.1 Å². The van der Waals surface area contributed by atoms with Crippen molar-refractivity contribution in [1.82, 2.24) is 4.90 Å². The molecule has 0 radical (unpaired) electrons. The zero-order valence-electron chi connectivity index (χ0n) is 15.3. The highest BCUT2D eigenvalue weighted by Crippen LogP contribution is 2.49. The summed E-state index contributed by atoms with van der Waals surface area (Å²) in [5.74, 6) is 0.971. The smallest absolute Gasteiger partial charge is 0.289 e. The molecule has 1 aliphatic carbocycles. The van der Waals surface area contributed by atoms with E-state index in [4.69, 9.17) is 14.2 Å². The van der Waals surface area contributed by atoms with E-state index in [9.17, 15) is 9.59 Å². The molecule has 6 nitrogen and oxygen atoms in total. The fourth-order valence-electron chi connectivity index (χ4n) is 4.45. The lowest BCUT2D eigenvalue weighted by Gasteiger charge is -2.35. The van der Waals surface area contributed by atoms with Crippen LogP contribution >= 0.6 is 0 Å². The fourth-order valence-corrected chi connectivity index (χ4v) is 4.45. The number of likely N-dealkylation sites (N-methyl/N-ethyl adjacent to an activating group) is 1. The highest BCUT2D eigenvalue weighted by Gasteiger charge is 2.51. The molecule has 0 saturated heterocycles. The average Bonchev–Trinajstić information content (AvgIpc) is 2.92. The molecule has 0 N–H and O–H groups in total. The second kappa shape index (κ2) is 6.34. The number of ether oxygens (including phenoxy) is 3. The van der Waals surface area contributed by atoms with Crippen LogP contribution in [0.15, 0.2) is 29.5 Å². The van der Waals surface area contributed by atoms with Crippen LogP contribution in [0.4, 0.5) is 0 Å². The Kier molecular flexibility index (Phi) is 4.13. The summed E-state index contributed by atoms with van der Waals surface area (Å²) in [4.78, 5) is 27.7. The summed E-state index contributed by atoms with van der Waals surface area (Å²) in [6.07, 6.45) is 3.54. The first-order valence-corrected chi connectivity index (χ1v) is 9.01. The van der Waals surface area contributed by atoms with Gasteiger partial charge in [0.2, 0.25) is 0 Å². The molecular weight excluding hydrogens is 334 g/mol. The van der Waals surface area contributed by atoms with E-state index < -0.39 is 6.04 Å². The molecule has 2 aliphatic heterocycles. The lowest BCUT2D eigenvalue weighted by atomic mass is 9.77. The number of Topliss-reactive ketones (excluding diaryl/α,β-unsaturated/α-hetero) is 1. The summed E-state index contributed by atoms with van der Waals surface area (Å²) in [5.41, 5.74) is 1.20. The van der Waals surface area contributed by atoms with Crippen molar-refractivity contribution in [2.75, 3.05) is 21.3 Å². The third-order valence-electron chi connectivity index (χ3n) is 5.72. The number of rotatable bonds is 3. The molecule has 4 rings (SSSR count). The van der Waals surface area contributed by atoms with E-state index in [-0.39, 0.29) is 29.5 Å². The highest BCUT2D eigenvalue weighted by molar-refractivity contribution is 6.11. The Balaban J connectivity index is 1.84. The van der Waals surface area contributed by atoms with Crippen molar-refractivity contribution in [3.8, 4) is 11.5 Å². The topological polar surface area (TPSA) is 65.1 Å². The zero-order valence-corrected chi connectivity index (χ0v) is 15.3. The number of amides is 1. The number of methoxy groups -OCH3 is 2. The molecule has 0 spiro atoms. The summed E-state index contributed by atoms with van der Waals surface area (Å²) in [7, 11) is 4.83. The molecule has 1 saturated carbocycles. The number of ketones is 1. The van der Waals surface area contributed by atoms with Crippen LogP contribution in [0.25, 0.3) is 0 Å². The summed E-state index contributed by atoms with van der Waals surface area (Å²) in [5, 5.41) is 0. The molecule has 0 bridgehead atoms. The number of nitrogens with zero attached hydrogens (tertiary/aromatic N) is 1. The van der Waals surface area contributed by atoms with E-state index in [0.29, 0.717) is 17.1 Å². The van der Waals surface area contributed by atoms with Gasteiger partial charge >= 0.3 is 0 Å². The fraction of sp³-hybridized carbons (Fsp3) is 0.500. The molecule has 1 aromatic carbocycles. The van der Waals surface area contributed by atoms with Crippen LogP contribution in [-0.4, -0.2) is 44.0 Å². The normalized spacial score (nSPS) is 27.8. The van der Waals surface area contributed by atoms with E-state index in [1.54, 1.807) is 32.2 Å². The van der Waals surface area contributed by atoms with Gasteiger partial charge in [-0.25, -0.2) is 0 Å². The molecule has 1 aromatic rings. The molecule has 26 heavy (non-hydrogen) atoms. The van der Waals surface area contributed by atoms with Crippen LogP contribution in [0.3, 0.4) is 0 Å². The monoisotopic (exact) mass is 357 g/mol. The van der Waals surface area contributed by atoms with Gasteiger partial charge in [-0.3, -0.25) is 9.59 Å². The second-order valence-corrected chi connectivity index (χ2v) is 7.06. The number of hydrogen-bond acceptors (Lipinski definition) is 5. The number of carbonyl (C=O) groups is 2. The van der Waals surface area contributed by atoms with Crippen molar-refractivity contribution in [3.05, 3.63) is 35.1 Å². The molecule has 0 aromatic heterocycles. The van der Waals surface area contributed by atoms with Gasteiger partial charge in [0.15, 0.2) is 23.0 Å². The van der Waals surface area contributed by atoms with Crippen molar-refractivity contribution in [2.45, 2.75) is 37.8 Å². The number of fused-ring (bicyclic) bond motifs is 1. The van der Waals surface area contributed by atoms with Crippen molar-refractivity contribution < 1.29 is 23.8 Å². The van der Waals surface area contributed by atoms with Crippen LogP contribution in [0.2, 0.25) is 0 Å². The van der Waals surface area contributed by atoms with Gasteiger partial charge in [0.25, 0.3) is 5.91 Å². The first kappa shape index (κ1) is 16.9. The average molecular weight is 357 g/mol. The standard InChI is InChI=1S/C20H23NO5/c1-21-16(12-8-6-10-14(24-2)18(12)25-3)15-17(22)11-7-4-5-9-13(11)26-19(15)20(21)23/h6,8,10-11,13,16H,4-5,7,9H2,1-3H3. The molecule has 3 atom stereocenters. The molecule has 1 fully saturated rings. The maximum absolute atomic E-state index is 13.3.